The number of morpholine rings is 1. The van der Waals surface area contributed by atoms with Crippen LogP contribution >= 0.6 is 11.8 Å². The van der Waals surface area contributed by atoms with Gasteiger partial charge in [-0.25, -0.2) is 0 Å². The maximum absolute atomic E-state index is 14.1. The number of pyridine rings is 1. The van der Waals surface area contributed by atoms with E-state index in [0.717, 1.165) is 22.6 Å². The van der Waals surface area contributed by atoms with Gasteiger partial charge >= 0.3 is 6.18 Å². The van der Waals surface area contributed by atoms with Crippen LogP contribution in [0.15, 0.2) is 64.4 Å². The lowest BCUT2D eigenvalue weighted by molar-refractivity contribution is -0.138. The Hall–Kier alpha value is -3.44. The summed E-state index contributed by atoms with van der Waals surface area (Å²) in [6.07, 6.45) is -3.84. The highest BCUT2D eigenvalue weighted by atomic mass is 32.2. The number of carbonyl (C=O) groups excluding carboxylic acids is 1. The minimum atomic E-state index is -4.55. The van der Waals surface area contributed by atoms with E-state index in [2.05, 4.69) is 0 Å². The highest BCUT2D eigenvalue weighted by Gasteiger charge is 2.46. The maximum atomic E-state index is 14.1. The molecule has 0 saturated carbocycles. The van der Waals surface area contributed by atoms with Gasteiger partial charge in [-0.2, -0.15) is 13.2 Å². The zero-order chi connectivity index (χ0) is 25.2. The lowest BCUT2D eigenvalue weighted by Crippen LogP contribution is -2.66. The molecule has 1 aromatic heterocycles. The minimum Gasteiger partial charge on any atom is -0.502 e. The number of aromatic nitrogens is 1. The Labute approximate surface area is 207 Å². The number of alkyl halides is 3. The number of hydrogen-bond donors (Lipinski definition) is 1. The zero-order valence-corrected chi connectivity index (χ0v) is 19.6. The van der Waals surface area contributed by atoms with Gasteiger partial charge in [-0.1, -0.05) is 30.3 Å². The monoisotopic (exact) mass is 515 g/mol. The average Bonchev–Trinajstić information content (AvgIpc) is 3.03. The molecule has 1 fully saturated rings. The Morgan fingerprint density at radius 2 is 1.81 bits per heavy atom. The standard InChI is InChI=1S/C25H20F3N3O4S/c26-25(27,28)17-6-3-5-14-16(17)13-36-19-7-2-1-4-15(19)21(14)31-20-12-35-11-10-29(20)24(34)22-23(33)18(32)8-9-30(22)31/h1-9,20-21,33H,10-13H2/t20-,21+/m1/s1. The number of carbonyl (C=O) groups is 1. The van der Waals surface area contributed by atoms with Crippen LogP contribution in [-0.4, -0.2) is 46.5 Å². The second-order valence-electron chi connectivity index (χ2n) is 8.76. The highest BCUT2D eigenvalue weighted by molar-refractivity contribution is 7.98. The van der Waals surface area contributed by atoms with Crippen LogP contribution in [0.25, 0.3) is 0 Å². The van der Waals surface area contributed by atoms with Crippen molar-refractivity contribution in [2.45, 2.75) is 29.0 Å². The molecule has 3 aromatic rings. The Morgan fingerprint density at radius 1 is 1.03 bits per heavy atom. The van der Waals surface area contributed by atoms with E-state index in [0.29, 0.717) is 5.56 Å². The average molecular weight is 516 g/mol. The Balaban J connectivity index is 1.67. The molecule has 1 N–H and O–H groups in total. The maximum Gasteiger partial charge on any atom is 0.416 e. The van der Waals surface area contributed by atoms with Crippen molar-refractivity contribution in [1.29, 1.82) is 0 Å². The fraction of sp³-hybridized carbons (Fsp3) is 0.280. The molecule has 3 aliphatic rings. The number of hydrogen-bond acceptors (Lipinski definition) is 6. The fourth-order valence-corrected chi connectivity index (χ4v) is 6.40. The number of aromatic hydroxyl groups is 1. The lowest BCUT2D eigenvalue weighted by atomic mass is 9.91. The second kappa shape index (κ2) is 8.31. The molecular weight excluding hydrogens is 495 g/mol. The number of ether oxygens (including phenoxy) is 1. The van der Waals surface area contributed by atoms with Gasteiger partial charge in [0.15, 0.2) is 11.4 Å². The summed E-state index contributed by atoms with van der Waals surface area (Å²) in [6.45, 7) is 0.582. The largest absolute Gasteiger partial charge is 0.502 e. The summed E-state index contributed by atoms with van der Waals surface area (Å²) in [7, 11) is 0. The highest BCUT2D eigenvalue weighted by Crippen LogP contribution is 2.47. The molecule has 0 spiro atoms. The number of nitrogens with zero attached hydrogens (tertiary/aromatic N) is 3. The van der Waals surface area contributed by atoms with Crippen molar-refractivity contribution in [3.63, 3.8) is 0 Å². The zero-order valence-electron chi connectivity index (χ0n) is 18.7. The van der Waals surface area contributed by atoms with Crippen LogP contribution < -0.4 is 10.4 Å². The van der Waals surface area contributed by atoms with Crippen molar-refractivity contribution in [1.82, 2.24) is 9.58 Å². The molecule has 0 aliphatic carbocycles. The molecule has 0 radical (unpaired) electrons. The molecule has 6 rings (SSSR count). The summed E-state index contributed by atoms with van der Waals surface area (Å²) >= 11 is 1.32. The summed E-state index contributed by atoms with van der Waals surface area (Å²) in [5.41, 5.74) is -0.293. The number of rotatable bonds is 1. The summed E-state index contributed by atoms with van der Waals surface area (Å²) < 4.78 is 49.4. The number of halogens is 3. The molecular formula is C25H20F3N3O4S. The van der Waals surface area contributed by atoms with Crippen molar-refractivity contribution in [2.24, 2.45) is 0 Å². The van der Waals surface area contributed by atoms with Crippen molar-refractivity contribution in [3.8, 4) is 5.75 Å². The predicted molar refractivity (Wildman–Crippen MR) is 126 cm³/mol. The van der Waals surface area contributed by atoms with E-state index in [9.17, 15) is 27.9 Å². The van der Waals surface area contributed by atoms with Crippen LogP contribution in [0.2, 0.25) is 0 Å². The van der Waals surface area contributed by atoms with E-state index >= 15 is 0 Å². The lowest BCUT2D eigenvalue weighted by Gasteiger charge is -2.51. The molecule has 0 unspecified atom stereocenters. The van der Waals surface area contributed by atoms with Gasteiger partial charge in [-0.05, 0) is 28.8 Å². The first-order valence-corrected chi connectivity index (χ1v) is 12.3. The van der Waals surface area contributed by atoms with Crippen LogP contribution in [-0.2, 0) is 16.7 Å². The Morgan fingerprint density at radius 3 is 2.61 bits per heavy atom. The van der Waals surface area contributed by atoms with E-state index < -0.39 is 41.0 Å². The third kappa shape index (κ3) is 3.40. The molecule has 3 aliphatic heterocycles. The van der Waals surface area contributed by atoms with Gasteiger partial charge in [0.25, 0.3) is 5.91 Å². The normalized spacial score (nSPS) is 21.2. The van der Waals surface area contributed by atoms with E-state index in [1.165, 1.54) is 33.6 Å². The molecule has 2 atom stereocenters. The first-order valence-electron chi connectivity index (χ1n) is 11.3. The van der Waals surface area contributed by atoms with Gasteiger partial charge in [0.05, 0.1) is 24.8 Å². The van der Waals surface area contributed by atoms with Gasteiger partial charge < -0.3 is 14.7 Å². The van der Waals surface area contributed by atoms with Gasteiger partial charge in [0.2, 0.25) is 5.43 Å². The molecule has 7 nitrogen and oxygen atoms in total. The van der Waals surface area contributed by atoms with Crippen LogP contribution in [0, 0.1) is 0 Å². The van der Waals surface area contributed by atoms with Crippen molar-refractivity contribution < 1.29 is 27.8 Å². The molecule has 11 heteroatoms. The molecule has 1 amide bonds. The number of fused-ring (bicyclic) bond motifs is 4. The van der Waals surface area contributed by atoms with Gasteiger partial charge in [0, 0.05) is 29.5 Å². The molecule has 4 heterocycles. The topological polar surface area (TPSA) is 75.0 Å². The summed E-state index contributed by atoms with van der Waals surface area (Å²) in [6, 6.07) is 11.9. The third-order valence-electron chi connectivity index (χ3n) is 6.84. The van der Waals surface area contributed by atoms with Crippen LogP contribution in [0.5, 0.6) is 5.75 Å². The van der Waals surface area contributed by atoms with E-state index in [1.807, 2.05) is 24.3 Å². The molecule has 0 bridgehead atoms. The smallest absolute Gasteiger partial charge is 0.416 e. The SMILES string of the molecule is O=C1c2c(O)c(=O)ccn2N([C@@H]2c3ccccc3SCc3c2cccc3C(F)(F)F)[C@@H]2COCCN12. The second-order valence-corrected chi connectivity index (χ2v) is 9.77. The van der Waals surface area contributed by atoms with Gasteiger partial charge in [0.1, 0.15) is 6.17 Å². The summed E-state index contributed by atoms with van der Waals surface area (Å²) in [5, 5.41) is 12.4. The van der Waals surface area contributed by atoms with E-state index in [-0.39, 0.29) is 36.8 Å². The summed E-state index contributed by atoms with van der Waals surface area (Å²) in [5.74, 6) is -1.12. The van der Waals surface area contributed by atoms with Gasteiger partial charge in [-0.3, -0.25) is 19.3 Å². The predicted octanol–water partition coefficient (Wildman–Crippen LogP) is 3.72. The van der Waals surface area contributed by atoms with Crippen molar-refractivity contribution >= 4 is 17.7 Å². The van der Waals surface area contributed by atoms with Crippen LogP contribution in [0.3, 0.4) is 0 Å². The van der Waals surface area contributed by atoms with Crippen LogP contribution in [0.4, 0.5) is 13.2 Å². The quantitative estimate of drug-likeness (QED) is 0.533. The van der Waals surface area contributed by atoms with Gasteiger partial charge in [-0.15, -0.1) is 11.8 Å². The Bertz CT molecular complexity index is 1440. The molecule has 36 heavy (non-hydrogen) atoms. The first kappa shape index (κ1) is 23.0. The number of amides is 1. The molecule has 186 valence electrons. The minimum absolute atomic E-state index is 0.109. The van der Waals surface area contributed by atoms with Crippen LogP contribution in [0.1, 0.15) is 38.8 Å². The van der Waals surface area contributed by atoms with E-state index in [1.54, 1.807) is 11.1 Å². The number of thioether (sulfide) groups is 1. The van der Waals surface area contributed by atoms with Crippen molar-refractivity contribution in [3.05, 3.63) is 92.9 Å². The molecule has 2 aromatic carbocycles. The van der Waals surface area contributed by atoms with Crippen molar-refractivity contribution in [2.75, 3.05) is 24.8 Å². The third-order valence-corrected chi connectivity index (χ3v) is 7.95. The first-order chi connectivity index (χ1) is 17.3. The van der Waals surface area contributed by atoms with E-state index in [4.69, 9.17) is 4.74 Å². The number of benzene rings is 2. The Kier molecular flexibility index (Phi) is 5.31. The summed E-state index contributed by atoms with van der Waals surface area (Å²) in [4.78, 5) is 28.0. The fourth-order valence-electron chi connectivity index (χ4n) is 5.26. The molecule has 1 saturated heterocycles.